The first-order valence-corrected chi connectivity index (χ1v) is 16.3. The van der Waals surface area contributed by atoms with Crippen LogP contribution in [0.25, 0.3) is 0 Å². The summed E-state index contributed by atoms with van der Waals surface area (Å²) in [6.45, 7) is 3.03. The van der Waals surface area contributed by atoms with Crippen molar-refractivity contribution in [1.29, 1.82) is 0 Å². The molecule has 45 heavy (non-hydrogen) atoms. The second-order valence-corrected chi connectivity index (χ2v) is 12.7. The Bertz CT molecular complexity index is 1160. The van der Waals surface area contributed by atoms with Crippen LogP contribution in [0.1, 0.15) is 56.9 Å². The summed E-state index contributed by atoms with van der Waals surface area (Å²) in [5, 5.41) is 16.6. The number of hydrogen-bond acceptors (Lipinski definition) is 8. The van der Waals surface area contributed by atoms with Crippen molar-refractivity contribution in [2.24, 2.45) is 0 Å². The number of rotatable bonds is 5. The number of amides is 3. The molecule has 0 radical (unpaired) electrons. The number of nitrogens with one attached hydrogen (secondary N) is 2. The van der Waals surface area contributed by atoms with Crippen LogP contribution in [0.5, 0.6) is 5.75 Å². The van der Waals surface area contributed by atoms with E-state index in [-0.39, 0.29) is 94.0 Å². The number of hydrogen-bond donors (Lipinski definition) is 3. The predicted molar refractivity (Wildman–Crippen MR) is 162 cm³/mol. The van der Waals surface area contributed by atoms with Crippen LogP contribution < -0.4 is 10.6 Å². The zero-order chi connectivity index (χ0) is 31.8. The summed E-state index contributed by atoms with van der Waals surface area (Å²) in [5.74, 6) is -3.21. The quantitative estimate of drug-likeness (QED) is 0.449. The van der Waals surface area contributed by atoms with Gasteiger partial charge in [0.1, 0.15) is 24.9 Å². The number of benzene rings is 1. The van der Waals surface area contributed by atoms with E-state index in [4.69, 9.17) is 9.47 Å². The molecule has 5 rings (SSSR count). The number of carbonyl (C=O) groups is 3. The van der Waals surface area contributed by atoms with Crippen molar-refractivity contribution in [3.63, 3.8) is 0 Å². The monoisotopic (exact) mass is 635 g/mol. The predicted octanol–water partition coefficient (Wildman–Crippen LogP) is 1.88. The van der Waals surface area contributed by atoms with Crippen molar-refractivity contribution in [2.75, 3.05) is 59.2 Å². The van der Waals surface area contributed by atoms with Gasteiger partial charge in [-0.25, -0.2) is 8.78 Å². The Morgan fingerprint density at radius 2 is 1.62 bits per heavy atom. The van der Waals surface area contributed by atoms with E-state index < -0.39 is 12.0 Å². The standard InChI is InChI=1S/C32H47F2N5O6/c33-32(34)10-5-24(6-11-32)36-25-7-15-38-27(19-25)31(43)35-12-16-44-17-18-45-22-30(42)39(21-29(38)41)26-8-13-37(14-9-26)20-23-3-1-2-4-28(23)40/h1-4,24-27,36,40H,5-22H2,(H,35,43)/t25-,27+/m1/s1. The van der Waals surface area contributed by atoms with Crippen LogP contribution in [0.2, 0.25) is 0 Å². The lowest BCUT2D eigenvalue weighted by Gasteiger charge is -2.43. The third-order valence-electron chi connectivity index (χ3n) is 9.57. The van der Waals surface area contributed by atoms with Crippen molar-refractivity contribution in [3.8, 4) is 5.75 Å². The van der Waals surface area contributed by atoms with Gasteiger partial charge in [-0.15, -0.1) is 0 Å². The van der Waals surface area contributed by atoms with E-state index in [0.29, 0.717) is 64.7 Å². The van der Waals surface area contributed by atoms with Crippen LogP contribution in [0.4, 0.5) is 8.78 Å². The Labute approximate surface area is 263 Å². The van der Waals surface area contributed by atoms with Gasteiger partial charge < -0.3 is 35.0 Å². The highest BCUT2D eigenvalue weighted by atomic mass is 19.3. The smallest absolute Gasteiger partial charge is 0.249 e. The van der Waals surface area contributed by atoms with E-state index in [2.05, 4.69) is 15.5 Å². The molecule has 11 nitrogen and oxygen atoms in total. The third-order valence-corrected chi connectivity index (χ3v) is 9.57. The van der Waals surface area contributed by atoms with Crippen molar-refractivity contribution in [1.82, 2.24) is 25.3 Å². The van der Waals surface area contributed by atoms with E-state index in [0.717, 1.165) is 5.56 Å². The number of piperidine rings is 2. The number of phenolic OH excluding ortho intramolecular Hbond substituents is 1. The highest BCUT2D eigenvalue weighted by Crippen LogP contribution is 2.34. The minimum Gasteiger partial charge on any atom is -0.508 e. The Kier molecular flexibility index (Phi) is 11.6. The first kappa shape index (κ1) is 33.5. The van der Waals surface area contributed by atoms with Crippen molar-refractivity contribution >= 4 is 17.7 Å². The molecule has 1 aliphatic carbocycles. The molecule has 3 aliphatic heterocycles. The van der Waals surface area contributed by atoms with E-state index in [1.807, 2.05) is 12.1 Å². The van der Waals surface area contributed by atoms with E-state index in [1.165, 1.54) is 0 Å². The maximum atomic E-state index is 13.9. The summed E-state index contributed by atoms with van der Waals surface area (Å²) in [5.41, 5.74) is 0.843. The molecular formula is C32H47F2N5O6. The van der Waals surface area contributed by atoms with E-state index in [1.54, 1.807) is 21.9 Å². The molecule has 13 heteroatoms. The zero-order valence-electron chi connectivity index (χ0n) is 25.9. The second kappa shape index (κ2) is 15.6. The molecule has 0 unspecified atom stereocenters. The molecular weight excluding hydrogens is 588 g/mol. The Morgan fingerprint density at radius 1 is 0.889 bits per heavy atom. The van der Waals surface area contributed by atoms with Gasteiger partial charge in [-0.3, -0.25) is 19.3 Å². The fraction of sp³-hybridized carbons (Fsp3) is 0.719. The number of ether oxygens (including phenoxy) is 2. The van der Waals surface area contributed by atoms with Gasteiger partial charge in [0.15, 0.2) is 0 Å². The summed E-state index contributed by atoms with van der Waals surface area (Å²) < 4.78 is 38.6. The molecule has 4 fully saturated rings. The van der Waals surface area contributed by atoms with E-state index >= 15 is 0 Å². The van der Waals surface area contributed by atoms with Crippen LogP contribution in [0.3, 0.4) is 0 Å². The number of alkyl halides is 2. The molecule has 2 atom stereocenters. The molecule has 0 aromatic heterocycles. The number of phenols is 1. The molecule has 3 heterocycles. The number of nitrogens with zero attached hydrogens (tertiary/aromatic N) is 3. The molecule has 0 bridgehead atoms. The molecule has 1 aromatic carbocycles. The molecule has 3 saturated heterocycles. The number of likely N-dealkylation sites (tertiary alicyclic amines) is 1. The van der Waals surface area contributed by atoms with Gasteiger partial charge in [0.25, 0.3) is 0 Å². The highest BCUT2D eigenvalue weighted by Gasteiger charge is 2.40. The Morgan fingerprint density at radius 3 is 2.38 bits per heavy atom. The molecule has 1 saturated carbocycles. The lowest BCUT2D eigenvalue weighted by Crippen LogP contribution is -2.60. The lowest BCUT2D eigenvalue weighted by atomic mass is 9.89. The Balaban J connectivity index is 1.25. The van der Waals surface area contributed by atoms with Crippen LogP contribution >= 0.6 is 0 Å². The maximum absolute atomic E-state index is 13.9. The minimum absolute atomic E-state index is 0.0413. The van der Waals surface area contributed by atoms with Gasteiger partial charge in [-0.1, -0.05) is 18.2 Å². The number of halogens is 2. The second-order valence-electron chi connectivity index (χ2n) is 12.7. The minimum atomic E-state index is -2.62. The van der Waals surface area contributed by atoms with E-state index in [9.17, 15) is 28.3 Å². The first-order chi connectivity index (χ1) is 21.7. The summed E-state index contributed by atoms with van der Waals surface area (Å²) in [4.78, 5) is 46.2. The third kappa shape index (κ3) is 9.34. The summed E-state index contributed by atoms with van der Waals surface area (Å²) in [6.07, 6.45) is 2.74. The van der Waals surface area contributed by atoms with Gasteiger partial charge in [-0.05, 0) is 44.6 Å². The van der Waals surface area contributed by atoms with Crippen molar-refractivity contribution in [2.45, 2.75) is 88.0 Å². The topological polar surface area (TPSA) is 124 Å². The number of fused-ring (bicyclic) bond motifs is 1. The fourth-order valence-corrected chi connectivity index (χ4v) is 6.96. The number of aromatic hydroxyl groups is 1. The summed E-state index contributed by atoms with van der Waals surface area (Å²) >= 11 is 0. The lowest BCUT2D eigenvalue weighted by molar-refractivity contribution is -0.150. The Hall–Kier alpha value is -2.87. The molecule has 0 spiro atoms. The zero-order valence-corrected chi connectivity index (χ0v) is 25.9. The van der Waals surface area contributed by atoms with Crippen molar-refractivity contribution < 1.29 is 37.7 Å². The molecule has 4 aliphatic rings. The van der Waals surface area contributed by atoms with Gasteiger partial charge in [0, 0.05) is 69.3 Å². The maximum Gasteiger partial charge on any atom is 0.249 e. The molecule has 250 valence electrons. The number of para-hydroxylation sites is 1. The normalized spacial score (nSPS) is 27.4. The average Bonchev–Trinajstić information content (AvgIpc) is 3.03. The molecule has 3 amide bonds. The summed E-state index contributed by atoms with van der Waals surface area (Å²) in [7, 11) is 0. The van der Waals surface area contributed by atoms with Crippen LogP contribution in [0, 0.1) is 0 Å². The fourth-order valence-electron chi connectivity index (χ4n) is 6.96. The largest absolute Gasteiger partial charge is 0.508 e. The van der Waals surface area contributed by atoms with Gasteiger partial charge >= 0.3 is 0 Å². The van der Waals surface area contributed by atoms with Crippen LogP contribution in [0.15, 0.2) is 24.3 Å². The molecule has 3 N–H and O–H groups in total. The van der Waals surface area contributed by atoms with Gasteiger partial charge in [-0.2, -0.15) is 0 Å². The SMILES string of the molecule is O=C1NCCOCCOCC(=O)N(C2CCN(Cc3ccccc3O)CC2)CC(=O)N2CC[C@@H](NC3CCC(F)(F)CC3)C[C@@H]12. The highest BCUT2D eigenvalue weighted by molar-refractivity contribution is 5.90. The molecule has 1 aromatic rings. The summed E-state index contributed by atoms with van der Waals surface area (Å²) in [6, 6.07) is 6.21. The van der Waals surface area contributed by atoms with Crippen molar-refractivity contribution in [3.05, 3.63) is 29.8 Å². The first-order valence-electron chi connectivity index (χ1n) is 16.3. The van der Waals surface area contributed by atoms with Crippen LogP contribution in [-0.4, -0.2) is 127 Å². The van der Waals surface area contributed by atoms with Gasteiger partial charge in [0.05, 0.1) is 19.8 Å². The van der Waals surface area contributed by atoms with Crippen LogP contribution in [-0.2, 0) is 30.4 Å². The number of carbonyl (C=O) groups excluding carboxylic acids is 3. The van der Waals surface area contributed by atoms with Gasteiger partial charge in [0.2, 0.25) is 23.6 Å². The average molecular weight is 636 g/mol.